The van der Waals surface area contributed by atoms with Gasteiger partial charge in [0.2, 0.25) is 0 Å². The van der Waals surface area contributed by atoms with Crippen LogP contribution >= 0.6 is 15.9 Å². The molecular formula is C12H15Br. The lowest BCUT2D eigenvalue weighted by Crippen LogP contribution is -1.93. The second kappa shape index (κ2) is 4.61. The van der Waals surface area contributed by atoms with E-state index < -0.39 is 0 Å². The first-order chi connectivity index (χ1) is 6.22. The highest BCUT2D eigenvalue weighted by atomic mass is 79.9. The highest BCUT2D eigenvalue weighted by Crippen LogP contribution is 2.23. The van der Waals surface area contributed by atoms with Gasteiger partial charge in [0, 0.05) is 4.47 Å². The average Bonchev–Trinajstić information content (AvgIpc) is 2.16. The van der Waals surface area contributed by atoms with Crippen LogP contribution in [0, 0.1) is 0 Å². The van der Waals surface area contributed by atoms with Gasteiger partial charge < -0.3 is 0 Å². The van der Waals surface area contributed by atoms with Crippen LogP contribution in [0.1, 0.15) is 30.5 Å². The fraction of sp³-hybridized carbons (Fsp3) is 0.333. The Balaban J connectivity index is 3.33. The number of hydrogen-bond donors (Lipinski definition) is 0. The van der Waals surface area contributed by atoms with E-state index in [1.807, 2.05) is 6.08 Å². The molecule has 0 heterocycles. The molecule has 0 amide bonds. The molecule has 0 aromatic heterocycles. The van der Waals surface area contributed by atoms with Crippen LogP contribution < -0.4 is 0 Å². The van der Waals surface area contributed by atoms with E-state index in [2.05, 4.69) is 48.5 Å². The number of benzene rings is 1. The Bertz CT molecular complexity index is 288. The minimum absolute atomic E-state index is 1.06. The van der Waals surface area contributed by atoms with E-state index in [1.165, 1.54) is 21.2 Å². The molecule has 0 aliphatic carbocycles. The van der Waals surface area contributed by atoms with Gasteiger partial charge in [-0.2, -0.15) is 0 Å². The van der Waals surface area contributed by atoms with Crippen molar-refractivity contribution in [2.24, 2.45) is 0 Å². The predicted molar refractivity (Wildman–Crippen MR) is 63.0 cm³/mol. The molecule has 1 aromatic rings. The van der Waals surface area contributed by atoms with Crippen molar-refractivity contribution in [2.45, 2.75) is 26.7 Å². The van der Waals surface area contributed by atoms with E-state index in [1.54, 1.807) is 0 Å². The summed E-state index contributed by atoms with van der Waals surface area (Å²) in [6.45, 7) is 8.21. The predicted octanol–water partition coefficient (Wildman–Crippen LogP) is 4.22. The van der Waals surface area contributed by atoms with Crippen molar-refractivity contribution in [1.29, 1.82) is 0 Å². The summed E-state index contributed by atoms with van der Waals surface area (Å²) in [5.41, 5.74) is 4.07. The Hall–Kier alpha value is -0.560. The normalized spacial score (nSPS) is 10.1. The molecule has 0 atom stereocenters. The first-order valence-corrected chi connectivity index (χ1v) is 5.45. The summed E-state index contributed by atoms with van der Waals surface area (Å²) in [6, 6.07) is 4.35. The molecule has 0 spiro atoms. The molecule has 0 aliphatic rings. The molecule has 1 aromatic carbocycles. The lowest BCUT2D eigenvalue weighted by atomic mass is 9.98. The maximum Gasteiger partial charge on any atom is 0.0181 e. The Morgan fingerprint density at radius 2 is 1.69 bits per heavy atom. The number of halogens is 1. The van der Waals surface area contributed by atoms with Crippen molar-refractivity contribution in [2.75, 3.05) is 0 Å². The Labute approximate surface area is 88.8 Å². The van der Waals surface area contributed by atoms with E-state index >= 15 is 0 Å². The molecule has 0 aliphatic heterocycles. The van der Waals surface area contributed by atoms with Crippen molar-refractivity contribution >= 4 is 22.0 Å². The molecule has 0 unspecified atom stereocenters. The van der Waals surface area contributed by atoms with Crippen molar-refractivity contribution < 1.29 is 0 Å². The number of rotatable bonds is 3. The van der Waals surface area contributed by atoms with Crippen LogP contribution in [0.2, 0.25) is 0 Å². The maximum absolute atomic E-state index is 3.86. The van der Waals surface area contributed by atoms with Gasteiger partial charge in [-0.1, -0.05) is 42.4 Å². The Kier molecular flexibility index (Phi) is 3.73. The minimum Gasteiger partial charge on any atom is -0.0984 e. The van der Waals surface area contributed by atoms with Gasteiger partial charge in [0.1, 0.15) is 0 Å². The van der Waals surface area contributed by atoms with Crippen molar-refractivity contribution in [3.63, 3.8) is 0 Å². The summed E-state index contributed by atoms with van der Waals surface area (Å²) in [4.78, 5) is 0. The third kappa shape index (κ3) is 2.22. The third-order valence-corrected chi connectivity index (χ3v) is 2.74. The van der Waals surface area contributed by atoms with Gasteiger partial charge in [0.25, 0.3) is 0 Å². The molecule has 1 rings (SSSR count). The van der Waals surface area contributed by atoms with Crippen LogP contribution in [-0.4, -0.2) is 0 Å². The van der Waals surface area contributed by atoms with Gasteiger partial charge in [-0.3, -0.25) is 0 Å². The standard InChI is InChI=1S/C12H15Br/c1-4-9-7-11(13)8-10(5-2)12(9)6-3/h6-8H,3-5H2,1-2H3. The molecule has 0 N–H and O–H groups in total. The van der Waals surface area contributed by atoms with Crippen LogP contribution in [0.15, 0.2) is 23.2 Å². The summed E-state index contributed by atoms with van der Waals surface area (Å²) in [7, 11) is 0. The number of hydrogen-bond acceptors (Lipinski definition) is 0. The van der Waals surface area contributed by atoms with Crippen LogP contribution in [0.5, 0.6) is 0 Å². The van der Waals surface area contributed by atoms with E-state index in [0.717, 1.165) is 12.8 Å². The molecule has 1 heteroatoms. The van der Waals surface area contributed by atoms with Crippen LogP contribution in [-0.2, 0) is 12.8 Å². The van der Waals surface area contributed by atoms with Gasteiger partial charge in [-0.15, -0.1) is 0 Å². The van der Waals surface area contributed by atoms with Crippen LogP contribution in [0.3, 0.4) is 0 Å². The summed E-state index contributed by atoms with van der Waals surface area (Å²) >= 11 is 3.52. The fourth-order valence-corrected chi connectivity index (χ4v) is 2.14. The molecule has 70 valence electrons. The third-order valence-electron chi connectivity index (χ3n) is 2.28. The zero-order valence-corrected chi connectivity index (χ0v) is 9.82. The van der Waals surface area contributed by atoms with Gasteiger partial charge >= 0.3 is 0 Å². The largest absolute Gasteiger partial charge is 0.0984 e. The maximum atomic E-state index is 3.86. The van der Waals surface area contributed by atoms with Crippen LogP contribution in [0.4, 0.5) is 0 Å². The molecule has 0 radical (unpaired) electrons. The van der Waals surface area contributed by atoms with Crippen molar-refractivity contribution in [3.05, 3.63) is 39.9 Å². The first kappa shape index (κ1) is 10.5. The van der Waals surface area contributed by atoms with Crippen LogP contribution in [0.25, 0.3) is 6.08 Å². The van der Waals surface area contributed by atoms with Crippen molar-refractivity contribution in [1.82, 2.24) is 0 Å². The molecule has 0 nitrogen and oxygen atoms in total. The summed E-state index contributed by atoms with van der Waals surface area (Å²) in [6.07, 6.45) is 4.09. The minimum atomic E-state index is 1.06. The molecule has 13 heavy (non-hydrogen) atoms. The average molecular weight is 239 g/mol. The zero-order valence-electron chi connectivity index (χ0n) is 8.23. The summed E-state index contributed by atoms with van der Waals surface area (Å²) < 4.78 is 1.17. The zero-order chi connectivity index (χ0) is 9.84. The van der Waals surface area contributed by atoms with Gasteiger partial charge in [-0.25, -0.2) is 0 Å². The van der Waals surface area contributed by atoms with Gasteiger partial charge in [0.15, 0.2) is 0 Å². The van der Waals surface area contributed by atoms with E-state index in [-0.39, 0.29) is 0 Å². The second-order valence-corrected chi connectivity index (χ2v) is 3.96. The SMILES string of the molecule is C=Cc1c(CC)cc(Br)cc1CC. The Morgan fingerprint density at radius 3 is 2.00 bits per heavy atom. The van der Waals surface area contributed by atoms with E-state index in [9.17, 15) is 0 Å². The Morgan fingerprint density at radius 1 is 1.23 bits per heavy atom. The van der Waals surface area contributed by atoms with Gasteiger partial charge in [-0.05, 0) is 41.7 Å². The highest BCUT2D eigenvalue weighted by Gasteiger charge is 2.04. The topological polar surface area (TPSA) is 0 Å². The molecule has 0 saturated heterocycles. The smallest absolute Gasteiger partial charge is 0.0181 e. The summed E-state index contributed by atoms with van der Waals surface area (Å²) in [5.74, 6) is 0. The quantitative estimate of drug-likeness (QED) is 0.740. The van der Waals surface area contributed by atoms with Gasteiger partial charge in [0.05, 0.1) is 0 Å². The lowest BCUT2D eigenvalue weighted by Gasteiger charge is -2.09. The molecule has 0 bridgehead atoms. The molecule has 0 saturated carbocycles. The first-order valence-electron chi connectivity index (χ1n) is 4.66. The number of aryl methyl sites for hydroxylation is 2. The lowest BCUT2D eigenvalue weighted by molar-refractivity contribution is 1.07. The molecule has 0 fully saturated rings. The van der Waals surface area contributed by atoms with Crippen molar-refractivity contribution in [3.8, 4) is 0 Å². The second-order valence-electron chi connectivity index (χ2n) is 3.05. The van der Waals surface area contributed by atoms with E-state index in [4.69, 9.17) is 0 Å². The fourth-order valence-electron chi connectivity index (χ4n) is 1.58. The molecular weight excluding hydrogens is 224 g/mol. The highest BCUT2D eigenvalue weighted by molar-refractivity contribution is 9.10. The summed E-state index contributed by atoms with van der Waals surface area (Å²) in [5, 5.41) is 0. The monoisotopic (exact) mass is 238 g/mol. The van der Waals surface area contributed by atoms with E-state index in [0.29, 0.717) is 0 Å².